The lowest BCUT2D eigenvalue weighted by molar-refractivity contribution is 0.0730. The summed E-state index contributed by atoms with van der Waals surface area (Å²) in [5.74, 6) is -3.28. The molecule has 28 heavy (non-hydrogen) atoms. The van der Waals surface area contributed by atoms with E-state index in [9.17, 15) is 22.0 Å². The van der Waals surface area contributed by atoms with Gasteiger partial charge in [0.2, 0.25) is 9.84 Å². The number of alkyl halides is 2. The molecule has 0 atom stereocenters. The molecular formula is C21H23F2NO3S. The van der Waals surface area contributed by atoms with Crippen molar-refractivity contribution in [1.82, 2.24) is 4.90 Å². The second-order valence-electron chi connectivity index (χ2n) is 7.39. The van der Waals surface area contributed by atoms with Gasteiger partial charge in [-0.1, -0.05) is 38.1 Å². The van der Waals surface area contributed by atoms with Crippen LogP contribution >= 0.6 is 0 Å². The summed E-state index contributed by atoms with van der Waals surface area (Å²) in [7, 11) is -4.66. The van der Waals surface area contributed by atoms with Crippen molar-refractivity contribution in [1.29, 1.82) is 0 Å². The summed E-state index contributed by atoms with van der Waals surface area (Å²) in [4.78, 5) is 14.2. The first kappa shape index (κ1) is 20.5. The van der Waals surface area contributed by atoms with E-state index in [4.69, 9.17) is 0 Å². The Morgan fingerprint density at radius 3 is 2.07 bits per heavy atom. The summed E-state index contributed by atoms with van der Waals surface area (Å²) in [6, 6.07) is 13.0. The average Bonchev–Trinajstić information content (AvgIpc) is 3.51. The van der Waals surface area contributed by atoms with Crippen LogP contribution in [0.25, 0.3) is 0 Å². The molecule has 3 rings (SSSR count). The van der Waals surface area contributed by atoms with Gasteiger partial charge in [0.25, 0.3) is 5.91 Å². The van der Waals surface area contributed by atoms with Gasteiger partial charge >= 0.3 is 5.76 Å². The van der Waals surface area contributed by atoms with E-state index in [1.165, 1.54) is 17.7 Å². The van der Waals surface area contributed by atoms with Gasteiger partial charge in [-0.3, -0.25) is 4.79 Å². The minimum absolute atomic E-state index is 0.154. The smallest absolute Gasteiger partial charge is 0.331 e. The van der Waals surface area contributed by atoms with E-state index in [0.29, 0.717) is 18.0 Å². The number of benzene rings is 2. The number of carbonyl (C=O) groups is 1. The first-order chi connectivity index (χ1) is 13.2. The maximum atomic E-state index is 12.9. The Bertz CT molecular complexity index is 935. The molecule has 1 aliphatic rings. The van der Waals surface area contributed by atoms with Crippen LogP contribution in [-0.2, 0) is 16.4 Å². The normalized spacial score (nSPS) is 14.5. The van der Waals surface area contributed by atoms with Gasteiger partial charge in [-0.25, -0.2) is 8.42 Å². The monoisotopic (exact) mass is 407 g/mol. The fourth-order valence-electron chi connectivity index (χ4n) is 3.01. The van der Waals surface area contributed by atoms with Gasteiger partial charge in [0.15, 0.2) is 0 Å². The van der Waals surface area contributed by atoms with Crippen molar-refractivity contribution >= 4 is 15.7 Å². The Balaban J connectivity index is 1.78. The molecule has 0 unspecified atom stereocenters. The van der Waals surface area contributed by atoms with Crippen LogP contribution in [0, 0.1) is 0 Å². The lowest BCUT2D eigenvalue weighted by Crippen LogP contribution is -2.32. The molecule has 0 aliphatic heterocycles. The number of nitrogens with zero attached hydrogens (tertiary/aromatic N) is 1. The fraction of sp³-hybridized carbons (Fsp3) is 0.381. The molecule has 150 valence electrons. The van der Waals surface area contributed by atoms with E-state index in [-0.39, 0.29) is 11.9 Å². The number of halogens is 2. The molecule has 0 radical (unpaired) electrons. The van der Waals surface area contributed by atoms with Crippen LogP contribution < -0.4 is 0 Å². The first-order valence-electron chi connectivity index (χ1n) is 9.22. The Hall–Kier alpha value is -2.28. The molecule has 0 N–H and O–H groups in total. The third kappa shape index (κ3) is 4.41. The SMILES string of the molecule is CC(C)c1ccc(CN(C(=O)c2ccc(S(=O)(=O)C(F)F)cc2)C2CC2)cc1. The molecule has 0 bridgehead atoms. The third-order valence-electron chi connectivity index (χ3n) is 4.91. The van der Waals surface area contributed by atoms with Gasteiger partial charge in [-0.05, 0) is 54.2 Å². The fourth-order valence-corrected chi connectivity index (χ4v) is 3.73. The minimum Gasteiger partial charge on any atom is -0.331 e. The highest BCUT2D eigenvalue weighted by Gasteiger charge is 2.33. The van der Waals surface area contributed by atoms with E-state index < -0.39 is 20.5 Å². The quantitative estimate of drug-likeness (QED) is 0.673. The van der Waals surface area contributed by atoms with Crippen molar-refractivity contribution in [2.24, 2.45) is 0 Å². The van der Waals surface area contributed by atoms with E-state index in [0.717, 1.165) is 30.5 Å². The highest BCUT2D eigenvalue weighted by Crippen LogP contribution is 2.30. The van der Waals surface area contributed by atoms with Crippen molar-refractivity contribution in [2.45, 2.75) is 55.8 Å². The Kier molecular flexibility index (Phi) is 5.84. The van der Waals surface area contributed by atoms with E-state index in [2.05, 4.69) is 26.0 Å². The van der Waals surface area contributed by atoms with Crippen molar-refractivity contribution in [2.75, 3.05) is 0 Å². The zero-order valence-electron chi connectivity index (χ0n) is 15.8. The molecular weight excluding hydrogens is 384 g/mol. The third-order valence-corrected chi connectivity index (χ3v) is 6.31. The highest BCUT2D eigenvalue weighted by molar-refractivity contribution is 7.91. The largest absolute Gasteiger partial charge is 0.341 e. The molecule has 1 aliphatic carbocycles. The molecule has 4 nitrogen and oxygen atoms in total. The standard InChI is InChI=1S/C21H23F2NO3S/c1-14(2)16-5-3-15(4-6-16)13-24(18-9-10-18)20(25)17-7-11-19(12-8-17)28(26,27)21(22)23/h3-8,11-12,14,18,21H,9-10,13H2,1-2H3. The van der Waals surface area contributed by atoms with Gasteiger partial charge < -0.3 is 4.90 Å². The van der Waals surface area contributed by atoms with Crippen molar-refractivity contribution in [3.05, 3.63) is 65.2 Å². The lowest BCUT2D eigenvalue weighted by Gasteiger charge is -2.23. The van der Waals surface area contributed by atoms with E-state index >= 15 is 0 Å². The Labute approximate surface area is 164 Å². The van der Waals surface area contributed by atoms with E-state index in [1.54, 1.807) is 4.90 Å². The van der Waals surface area contributed by atoms with Crippen LogP contribution in [0.4, 0.5) is 8.78 Å². The summed E-state index contributed by atoms with van der Waals surface area (Å²) in [6.45, 7) is 4.69. The molecule has 2 aromatic carbocycles. The van der Waals surface area contributed by atoms with Gasteiger partial charge in [-0.15, -0.1) is 0 Å². The van der Waals surface area contributed by atoms with Crippen LogP contribution in [0.2, 0.25) is 0 Å². The molecule has 0 aromatic heterocycles. The van der Waals surface area contributed by atoms with Gasteiger partial charge in [0.05, 0.1) is 4.90 Å². The predicted molar refractivity (Wildman–Crippen MR) is 103 cm³/mol. The number of carbonyl (C=O) groups excluding carboxylic acids is 1. The number of hydrogen-bond donors (Lipinski definition) is 0. The Morgan fingerprint density at radius 1 is 1.04 bits per heavy atom. The summed E-state index contributed by atoms with van der Waals surface area (Å²) < 4.78 is 48.4. The van der Waals surface area contributed by atoms with Crippen LogP contribution in [0.3, 0.4) is 0 Å². The summed E-state index contributed by atoms with van der Waals surface area (Å²) >= 11 is 0. The minimum atomic E-state index is -4.66. The predicted octanol–water partition coefficient (Wildman–Crippen LogP) is 4.61. The van der Waals surface area contributed by atoms with Gasteiger partial charge in [-0.2, -0.15) is 8.78 Å². The number of sulfone groups is 1. The highest BCUT2D eigenvalue weighted by atomic mass is 32.2. The van der Waals surface area contributed by atoms with Crippen LogP contribution in [0.5, 0.6) is 0 Å². The van der Waals surface area contributed by atoms with Crippen molar-refractivity contribution in [3.8, 4) is 0 Å². The number of amides is 1. The first-order valence-corrected chi connectivity index (χ1v) is 10.8. The van der Waals surface area contributed by atoms with Crippen molar-refractivity contribution in [3.63, 3.8) is 0 Å². The second-order valence-corrected chi connectivity index (χ2v) is 9.31. The molecule has 0 heterocycles. The topological polar surface area (TPSA) is 54.5 Å². The molecule has 1 amide bonds. The molecule has 0 spiro atoms. The summed E-state index contributed by atoms with van der Waals surface area (Å²) in [6.07, 6.45) is 1.85. The number of hydrogen-bond acceptors (Lipinski definition) is 3. The second kappa shape index (κ2) is 7.99. The van der Waals surface area contributed by atoms with Gasteiger partial charge in [0.1, 0.15) is 0 Å². The van der Waals surface area contributed by atoms with Crippen molar-refractivity contribution < 1.29 is 22.0 Å². The zero-order chi connectivity index (χ0) is 20.5. The molecule has 2 aromatic rings. The zero-order valence-corrected chi connectivity index (χ0v) is 16.6. The Morgan fingerprint density at radius 2 is 1.61 bits per heavy atom. The average molecular weight is 407 g/mol. The number of rotatable bonds is 7. The molecule has 1 fully saturated rings. The van der Waals surface area contributed by atoms with E-state index in [1.807, 2.05) is 12.1 Å². The summed E-state index contributed by atoms with van der Waals surface area (Å²) in [5, 5.41) is 0. The molecule has 7 heteroatoms. The lowest BCUT2D eigenvalue weighted by atomic mass is 10.0. The molecule has 1 saturated carbocycles. The van der Waals surface area contributed by atoms with Gasteiger partial charge in [0, 0.05) is 18.2 Å². The van der Waals surface area contributed by atoms with Crippen LogP contribution in [0.15, 0.2) is 53.4 Å². The maximum Gasteiger partial charge on any atom is 0.341 e. The molecule has 0 saturated heterocycles. The van der Waals surface area contributed by atoms with Crippen LogP contribution in [-0.4, -0.2) is 31.0 Å². The van der Waals surface area contributed by atoms with Crippen LogP contribution in [0.1, 0.15) is 54.1 Å². The summed E-state index contributed by atoms with van der Waals surface area (Å²) in [5.41, 5.74) is 2.53. The maximum absolute atomic E-state index is 12.9.